The Kier molecular flexibility index (Phi) is 7.16. The van der Waals surface area contributed by atoms with Crippen LogP contribution in [0.25, 0.3) is 11.4 Å². The number of methoxy groups -OCH3 is 1. The SMILES string of the molecule is COc1cc(C=NNC(=O)Cn2nnc(-c3ccccc3)n2)ccc1OC(=O)c1ccccc1F. The Labute approximate surface area is 199 Å². The highest BCUT2D eigenvalue weighted by Crippen LogP contribution is 2.28. The molecule has 0 saturated carbocycles. The number of carbonyl (C=O) groups excluding carboxylic acids is 2. The number of benzene rings is 3. The van der Waals surface area contributed by atoms with Gasteiger partial charge in [0.25, 0.3) is 5.91 Å². The topological polar surface area (TPSA) is 121 Å². The van der Waals surface area contributed by atoms with E-state index in [0.717, 1.165) is 10.4 Å². The number of carbonyl (C=O) groups is 2. The van der Waals surface area contributed by atoms with Gasteiger partial charge in [-0.05, 0) is 41.1 Å². The molecule has 10 nitrogen and oxygen atoms in total. The molecule has 0 radical (unpaired) electrons. The summed E-state index contributed by atoms with van der Waals surface area (Å²) in [6, 6.07) is 19.4. The first kappa shape index (κ1) is 23.2. The molecule has 0 fully saturated rings. The van der Waals surface area contributed by atoms with Crippen molar-refractivity contribution >= 4 is 18.1 Å². The number of esters is 1. The van der Waals surface area contributed by atoms with Crippen LogP contribution >= 0.6 is 0 Å². The van der Waals surface area contributed by atoms with E-state index in [9.17, 15) is 14.0 Å². The maximum atomic E-state index is 13.8. The zero-order valence-corrected chi connectivity index (χ0v) is 18.5. The van der Waals surface area contributed by atoms with Gasteiger partial charge in [-0.3, -0.25) is 4.79 Å². The number of hydrogen-bond acceptors (Lipinski definition) is 8. The van der Waals surface area contributed by atoms with Crippen molar-refractivity contribution in [3.8, 4) is 22.9 Å². The fraction of sp³-hybridized carbons (Fsp3) is 0.0833. The Bertz CT molecular complexity index is 1370. The van der Waals surface area contributed by atoms with Crippen LogP contribution in [-0.2, 0) is 11.3 Å². The number of hydrazone groups is 1. The number of aromatic nitrogens is 4. The summed E-state index contributed by atoms with van der Waals surface area (Å²) in [6.07, 6.45) is 1.38. The first-order valence-electron chi connectivity index (χ1n) is 10.3. The normalized spacial score (nSPS) is 10.8. The lowest BCUT2D eigenvalue weighted by molar-refractivity contribution is -0.122. The number of tetrazole rings is 1. The lowest BCUT2D eigenvalue weighted by Crippen LogP contribution is -2.24. The Morgan fingerprint density at radius 3 is 2.60 bits per heavy atom. The largest absolute Gasteiger partial charge is 0.493 e. The Hall–Kier alpha value is -4.93. The molecule has 0 aliphatic carbocycles. The second-order valence-electron chi connectivity index (χ2n) is 7.08. The van der Waals surface area contributed by atoms with Gasteiger partial charge in [-0.15, -0.1) is 10.2 Å². The minimum Gasteiger partial charge on any atom is -0.493 e. The van der Waals surface area contributed by atoms with Crippen LogP contribution in [0.15, 0.2) is 77.9 Å². The first-order valence-corrected chi connectivity index (χ1v) is 10.3. The molecule has 176 valence electrons. The molecule has 0 saturated heterocycles. The molecule has 0 unspecified atom stereocenters. The summed E-state index contributed by atoms with van der Waals surface area (Å²) >= 11 is 0. The van der Waals surface area contributed by atoms with Crippen LogP contribution in [0.3, 0.4) is 0 Å². The summed E-state index contributed by atoms with van der Waals surface area (Å²) in [5, 5.41) is 15.9. The Morgan fingerprint density at radius 2 is 1.83 bits per heavy atom. The summed E-state index contributed by atoms with van der Waals surface area (Å²) in [6.45, 7) is -0.175. The first-order chi connectivity index (χ1) is 17.0. The summed E-state index contributed by atoms with van der Waals surface area (Å²) in [5.41, 5.74) is 3.52. The van der Waals surface area contributed by atoms with E-state index in [2.05, 4.69) is 25.9 Å². The minimum absolute atomic E-state index is 0.105. The molecule has 0 spiro atoms. The number of rotatable bonds is 8. The van der Waals surface area contributed by atoms with E-state index in [1.165, 1.54) is 43.7 Å². The van der Waals surface area contributed by atoms with Gasteiger partial charge in [-0.1, -0.05) is 42.5 Å². The van der Waals surface area contributed by atoms with E-state index < -0.39 is 17.7 Å². The van der Waals surface area contributed by atoms with Crippen LogP contribution in [-0.4, -0.2) is 45.4 Å². The van der Waals surface area contributed by atoms with Crippen LogP contribution in [0.5, 0.6) is 11.5 Å². The molecule has 0 aliphatic rings. The molecule has 11 heteroatoms. The number of ether oxygens (including phenoxy) is 2. The van der Waals surface area contributed by atoms with E-state index in [1.807, 2.05) is 30.3 Å². The van der Waals surface area contributed by atoms with Crippen molar-refractivity contribution in [1.29, 1.82) is 0 Å². The van der Waals surface area contributed by atoms with Crippen molar-refractivity contribution in [2.24, 2.45) is 5.10 Å². The molecule has 0 bridgehead atoms. The van der Waals surface area contributed by atoms with Crippen LogP contribution in [0.1, 0.15) is 15.9 Å². The average Bonchev–Trinajstić information content (AvgIpc) is 3.34. The van der Waals surface area contributed by atoms with Gasteiger partial charge in [-0.25, -0.2) is 14.6 Å². The van der Waals surface area contributed by atoms with Crippen molar-refractivity contribution in [3.63, 3.8) is 0 Å². The molecule has 0 aliphatic heterocycles. The smallest absolute Gasteiger partial charge is 0.346 e. The zero-order chi connectivity index (χ0) is 24.6. The van der Waals surface area contributed by atoms with Crippen LogP contribution < -0.4 is 14.9 Å². The number of hydrogen-bond donors (Lipinski definition) is 1. The molecule has 35 heavy (non-hydrogen) atoms. The zero-order valence-electron chi connectivity index (χ0n) is 18.5. The Balaban J connectivity index is 1.35. The molecular weight excluding hydrogens is 455 g/mol. The van der Waals surface area contributed by atoms with Gasteiger partial charge in [0.2, 0.25) is 5.82 Å². The number of nitrogens with zero attached hydrogens (tertiary/aromatic N) is 5. The third-order valence-electron chi connectivity index (χ3n) is 4.66. The van der Waals surface area contributed by atoms with E-state index in [4.69, 9.17) is 9.47 Å². The van der Waals surface area contributed by atoms with Gasteiger partial charge in [0, 0.05) is 5.56 Å². The van der Waals surface area contributed by atoms with E-state index in [-0.39, 0.29) is 23.6 Å². The predicted molar refractivity (Wildman–Crippen MR) is 123 cm³/mol. The van der Waals surface area contributed by atoms with E-state index in [0.29, 0.717) is 11.4 Å². The minimum atomic E-state index is -0.854. The molecule has 4 aromatic rings. The summed E-state index contributed by atoms with van der Waals surface area (Å²) < 4.78 is 24.3. The summed E-state index contributed by atoms with van der Waals surface area (Å²) in [5.74, 6) is -1.26. The molecule has 0 atom stereocenters. The molecule has 1 heterocycles. The fourth-order valence-corrected chi connectivity index (χ4v) is 2.99. The van der Waals surface area contributed by atoms with Crippen molar-refractivity contribution in [2.75, 3.05) is 7.11 Å². The van der Waals surface area contributed by atoms with Gasteiger partial charge in [0.1, 0.15) is 12.4 Å². The highest BCUT2D eigenvalue weighted by molar-refractivity contribution is 5.92. The van der Waals surface area contributed by atoms with Crippen molar-refractivity contribution in [2.45, 2.75) is 6.54 Å². The van der Waals surface area contributed by atoms with Gasteiger partial charge < -0.3 is 9.47 Å². The summed E-state index contributed by atoms with van der Waals surface area (Å²) in [7, 11) is 1.40. The molecule has 3 aromatic carbocycles. The second-order valence-corrected chi connectivity index (χ2v) is 7.08. The molecule has 1 amide bonds. The van der Waals surface area contributed by atoms with Gasteiger partial charge in [-0.2, -0.15) is 9.90 Å². The molecule has 4 rings (SSSR count). The highest BCUT2D eigenvalue weighted by atomic mass is 19.1. The van der Waals surface area contributed by atoms with Crippen molar-refractivity contribution < 1.29 is 23.5 Å². The average molecular weight is 474 g/mol. The molecule has 1 aromatic heterocycles. The van der Waals surface area contributed by atoms with Crippen molar-refractivity contribution in [3.05, 3.63) is 89.7 Å². The van der Waals surface area contributed by atoms with E-state index in [1.54, 1.807) is 12.1 Å². The molecule has 1 N–H and O–H groups in total. The highest BCUT2D eigenvalue weighted by Gasteiger charge is 2.16. The third-order valence-corrected chi connectivity index (χ3v) is 4.66. The lowest BCUT2D eigenvalue weighted by atomic mass is 10.2. The fourth-order valence-electron chi connectivity index (χ4n) is 2.99. The van der Waals surface area contributed by atoms with Crippen LogP contribution in [0, 0.1) is 5.82 Å². The lowest BCUT2D eigenvalue weighted by Gasteiger charge is -2.10. The number of halogens is 1. The monoisotopic (exact) mass is 474 g/mol. The van der Waals surface area contributed by atoms with Crippen LogP contribution in [0.4, 0.5) is 4.39 Å². The third kappa shape index (κ3) is 5.90. The standard InChI is InChI=1S/C24H19FN6O4/c1-34-21-13-16(11-12-20(21)35-24(33)18-9-5-6-10-19(18)25)14-26-27-22(32)15-31-29-23(28-30-31)17-7-3-2-4-8-17/h2-14H,15H2,1H3,(H,27,32). The predicted octanol–water partition coefficient (Wildman–Crippen LogP) is 2.86. The van der Waals surface area contributed by atoms with Gasteiger partial charge in [0.15, 0.2) is 11.5 Å². The summed E-state index contributed by atoms with van der Waals surface area (Å²) in [4.78, 5) is 25.6. The molecular formula is C24H19FN6O4. The maximum absolute atomic E-state index is 13.8. The quantitative estimate of drug-likeness (QED) is 0.180. The van der Waals surface area contributed by atoms with Crippen molar-refractivity contribution in [1.82, 2.24) is 25.6 Å². The maximum Gasteiger partial charge on any atom is 0.346 e. The van der Waals surface area contributed by atoms with Gasteiger partial charge >= 0.3 is 5.97 Å². The van der Waals surface area contributed by atoms with Gasteiger partial charge in [0.05, 0.1) is 18.9 Å². The number of amides is 1. The Morgan fingerprint density at radius 1 is 1.06 bits per heavy atom. The second kappa shape index (κ2) is 10.8. The van der Waals surface area contributed by atoms with E-state index >= 15 is 0 Å². The van der Waals surface area contributed by atoms with Crippen LogP contribution in [0.2, 0.25) is 0 Å². The number of nitrogens with one attached hydrogen (secondary N) is 1.